The van der Waals surface area contributed by atoms with Gasteiger partial charge in [-0.2, -0.15) is 0 Å². The van der Waals surface area contributed by atoms with Crippen molar-refractivity contribution in [1.29, 1.82) is 0 Å². The molecule has 104 valence electrons. The summed E-state index contributed by atoms with van der Waals surface area (Å²) < 4.78 is 12.9. The van der Waals surface area contributed by atoms with E-state index in [1.54, 1.807) is 23.9 Å². The van der Waals surface area contributed by atoms with Crippen LogP contribution < -0.4 is 0 Å². The van der Waals surface area contributed by atoms with Gasteiger partial charge < -0.3 is 9.80 Å². The second kappa shape index (κ2) is 6.39. The molecule has 2 rings (SSSR count). The summed E-state index contributed by atoms with van der Waals surface area (Å²) in [5, 5.41) is 0.0373. The van der Waals surface area contributed by atoms with Gasteiger partial charge in [-0.15, -0.1) is 11.8 Å². The molecule has 0 aromatic heterocycles. The van der Waals surface area contributed by atoms with Gasteiger partial charge in [-0.25, -0.2) is 4.39 Å². The lowest BCUT2D eigenvalue weighted by atomic mass is 10.2. The zero-order valence-electron chi connectivity index (χ0n) is 11.3. The number of carbonyl (C=O) groups is 1. The first-order valence-electron chi connectivity index (χ1n) is 6.39. The maximum Gasteiger partial charge on any atom is 0.233 e. The highest BCUT2D eigenvalue weighted by Gasteiger charge is 2.32. The Hall–Kier alpha value is -1.07. The number of amides is 1. The molecule has 1 saturated heterocycles. The Morgan fingerprint density at radius 1 is 1.37 bits per heavy atom. The smallest absolute Gasteiger partial charge is 0.233 e. The average molecular weight is 282 g/mol. The van der Waals surface area contributed by atoms with Crippen LogP contribution in [-0.2, 0) is 4.79 Å². The van der Waals surface area contributed by atoms with Crippen LogP contribution in [0.25, 0.3) is 0 Å². The van der Waals surface area contributed by atoms with Crippen molar-refractivity contribution >= 4 is 17.7 Å². The first-order chi connectivity index (χ1) is 9.08. The van der Waals surface area contributed by atoms with Gasteiger partial charge in [-0.05, 0) is 44.8 Å². The highest BCUT2D eigenvalue weighted by atomic mass is 32.2. The van der Waals surface area contributed by atoms with Crippen LogP contribution in [0, 0.1) is 5.82 Å². The minimum atomic E-state index is -0.239. The molecule has 1 aliphatic heterocycles. The van der Waals surface area contributed by atoms with Gasteiger partial charge in [0.25, 0.3) is 0 Å². The Morgan fingerprint density at radius 2 is 2.05 bits per heavy atom. The molecule has 0 saturated carbocycles. The lowest BCUT2D eigenvalue weighted by molar-refractivity contribution is -0.128. The predicted molar refractivity (Wildman–Crippen MR) is 76.5 cm³/mol. The highest BCUT2D eigenvalue weighted by molar-refractivity contribution is 8.00. The third-order valence-electron chi connectivity index (χ3n) is 3.13. The topological polar surface area (TPSA) is 23.6 Å². The zero-order valence-corrected chi connectivity index (χ0v) is 12.1. The molecule has 1 heterocycles. The molecule has 1 amide bonds. The summed E-state index contributed by atoms with van der Waals surface area (Å²) in [5.74, 6) is 0.458. The first kappa shape index (κ1) is 14.3. The number of benzene rings is 1. The Morgan fingerprint density at radius 3 is 2.68 bits per heavy atom. The molecular weight excluding hydrogens is 263 g/mol. The number of hydrogen-bond donors (Lipinski definition) is 0. The van der Waals surface area contributed by atoms with Crippen molar-refractivity contribution in [2.24, 2.45) is 0 Å². The van der Waals surface area contributed by atoms with E-state index in [1.807, 2.05) is 19.0 Å². The number of rotatable bonds is 5. The Kier molecular flexibility index (Phi) is 4.82. The van der Waals surface area contributed by atoms with Gasteiger partial charge in [0.2, 0.25) is 5.91 Å². The third-order valence-corrected chi connectivity index (χ3v) is 4.38. The summed E-state index contributed by atoms with van der Waals surface area (Å²) in [7, 11) is 4.05. The van der Waals surface area contributed by atoms with Crippen LogP contribution in [0.1, 0.15) is 17.4 Å². The second-order valence-electron chi connectivity index (χ2n) is 4.96. The van der Waals surface area contributed by atoms with Crippen LogP contribution in [0.5, 0.6) is 0 Å². The summed E-state index contributed by atoms with van der Waals surface area (Å²) in [6.45, 7) is 1.72. The number of halogens is 1. The Balaban J connectivity index is 2.02. The number of carbonyl (C=O) groups excluding carboxylic acids is 1. The van der Waals surface area contributed by atoms with E-state index in [4.69, 9.17) is 0 Å². The molecule has 5 heteroatoms. The van der Waals surface area contributed by atoms with E-state index in [1.165, 1.54) is 12.1 Å². The van der Waals surface area contributed by atoms with Crippen molar-refractivity contribution in [3.8, 4) is 0 Å². The summed E-state index contributed by atoms with van der Waals surface area (Å²) >= 11 is 1.62. The van der Waals surface area contributed by atoms with E-state index in [2.05, 4.69) is 4.90 Å². The van der Waals surface area contributed by atoms with Crippen LogP contribution in [0.15, 0.2) is 24.3 Å². The SMILES string of the molecule is CN(C)CCCN1C(=O)CS[C@@H]1c1ccc(F)cc1. The quantitative estimate of drug-likeness (QED) is 0.828. The summed E-state index contributed by atoms with van der Waals surface area (Å²) in [4.78, 5) is 15.9. The molecule has 1 aromatic rings. The van der Waals surface area contributed by atoms with E-state index in [0.717, 1.165) is 25.1 Å². The lowest BCUT2D eigenvalue weighted by Crippen LogP contribution is -2.31. The van der Waals surface area contributed by atoms with Crippen LogP contribution in [0.3, 0.4) is 0 Å². The minimum absolute atomic E-state index is 0.0373. The molecule has 0 unspecified atom stereocenters. The van der Waals surface area contributed by atoms with Crippen LogP contribution in [0.4, 0.5) is 4.39 Å². The fraction of sp³-hybridized carbons (Fsp3) is 0.500. The van der Waals surface area contributed by atoms with Gasteiger partial charge >= 0.3 is 0 Å². The maximum absolute atomic E-state index is 12.9. The fourth-order valence-electron chi connectivity index (χ4n) is 2.16. The molecule has 3 nitrogen and oxygen atoms in total. The van der Waals surface area contributed by atoms with Gasteiger partial charge in [0.15, 0.2) is 0 Å². The summed E-state index contributed by atoms with van der Waals surface area (Å²) in [6, 6.07) is 6.45. The average Bonchev–Trinajstić information content (AvgIpc) is 2.72. The lowest BCUT2D eigenvalue weighted by Gasteiger charge is -2.24. The van der Waals surface area contributed by atoms with Crippen molar-refractivity contribution in [3.05, 3.63) is 35.6 Å². The van der Waals surface area contributed by atoms with E-state index in [9.17, 15) is 9.18 Å². The van der Waals surface area contributed by atoms with Gasteiger partial charge in [0.05, 0.1) is 5.75 Å². The molecule has 1 atom stereocenters. The van der Waals surface area contributed by atoms with Gasteiger partial charge in [0, 0.05) is 6.54 Å². The minimum Gasteiger partial charge on any atom is -0.326 e. The molecule has 0 radical (unpaired) electrons. The number of thioether (sulfide) groups is 1. The van der Waals surface area contributed by atoms with Crippen molar-refractivity contribution in [2.45, 2.75) is 11.8 Å². The normalized spacial score (nSPS) is 19.5. The van der Waals surface area contributed by atoms with Crippen LogP contribution in [-0.4, -0.2) is 48.6 Å². The van der Waals surface area contributed by atoms with Gasteiger partial charge in [-0.3, -0.25) is 4.79 Å². The molecular formula is C14H19FN2OS. The maximum atomic E-state index is 12.9. The van der Waals surface area contributed by atoms with Gasteiger partial charge in [-0.1, -0.05) is 12.1 Å². The molecule has 19 heavy (non-hydrogen) atoms. The molecule has 1 aliphatic rings. The molecule has 1 aromatic carbocycles. The van der Waals surface area contributed by atoms with E-state index < -0.39 is 0 Å². The second-order valence-corrected chi connectivity index (χ2v) is 6.03. The van der Waals surface area contributed by atoms with Crippen molar-refractivity contribution in [3.63, 3.8) is 0 Å². The van der Waals surface area contributed by atoms with E-state index >= 15 is 0 Å². The standard InChI is InChI=1S/C14H19FN2OS/c1-16(2)8-3-9-17-13(18)10-19-14(17)11-4-6-12(15)7-5-11/h4-7,14H,3,8-10H2,1-2H3/t14-/m1/s1. The van der Waals surface area contributed by atoms with E-state index in [-0.39, 0.29) is 17.1 Å². The Labute approximate surface area is 117 Å². The highest BCUT2D eigenvalue weighted by Crippen LogP contribution is 2.38. The molecule has 1 fully saturated rings. The summed E-state index contributed by atoms with van der Waals surface area (Å²) in [6.07, 6.45) is 0.955. The van der Waals surface area contributed by atoms with Crippen molar-refractivity contribution < 1.29 is 9.18 Å². The third kappa shape index (κ3) is 3.70. The Bertz CT molecular complexity index is 436. The van der Waals surface area contributed by atoms with Crippen LogP contribution >= 0.6 is 11.8 Å². The molecule has 0 bridgehead atoms. The van der Waals surface area contributed by atoms with Crippen molar-refractivity contribution in [2.75, 3.05) is 32.9 Å². The monoisotopic (exact) mass is 282 g/mol. The molecule has 0 spiro atoms. The largest absolute Gasteiger partial charge is 0.326 e. The predicted octanol–water partition coefficient (Wildman–Crippen LogP) is 2.35. The molecule has 0 aliphatic carbocycles. The zero-order chi connectivity index (χ0) is 13.8. The first-order valence-corrected chi connectivity index (χ1v) is 7.44. The summed E-state index contributed by atoms with van der Waals surface area (Å²) in [5.41, 5.74) is 1.00. The fourth-order valence-corrected chi connectivity index (χ4v) is 3.38. The number of nitrogens with zero attached hydrogens (tertiary/aromatic N) is 2. The van der Waals surface area contributed by atoms with Crippen LogP contribution in [0.2, 0.25) is 0 Å². The van der Waals surface area contributed by atoms with E-state index in [0.29, 0.717) is 5.75 Å². The number of hydrogen-bond acceptors (Lipinski definition) is 3. The van der Waals surface area contributed by atoms with Gasteiger partial charge in [0.1, 0.15) is 11.2 Å². The molecule has 0 N–H and O–H groups in total. The van der Waals surface area contributed by atoms with Crippen molar-refractivity contribution in [1.82, 2.24) is 9.80 Å².